The molecule has 2 aromatic carbocycles. The molecule has 2 fully saturated rings. The molecule has 0 aromatic heterocycles. The van der Waals surface area contributed by atoms with Crippen LogP contribution >= 0.6 is 0 Å². The topological polar surface area (TPSA) is 69.7 Å². The van der Waals surface area contributed by atoms with E-state index < -0.39 is 11.7 Å². The number of rotatable bonds is 5. The summed E-state index contributed by atoms with van der Waals surface area (Å²) in [6.45, 7) is 1.34. The van der Waals surface area contributed by atoms with Crippen LogP contribution in [-0.4, -0.2) is 42.3 Å². The molecule has 0 aliphatic carbocycles. The Kier molecular flexibility index (Phi) is 6.48. The van der Waals surface area contributed by atoms with Gasteiger partial charge in [0.15, 0.2) is 0 Å². The molecule has 4 rings (SSSR count). The Labute approximate surface area is 185 Å². The fraction of sp³-hybridized carbons (Fsp3) is 0.375. The summed E-state index contributed by atoms with van der Waals surface area (Å²) in [4.78, 5) is 40.3. The first-order chi connectivity index (χ1) is 15.4. The summed E-state index contributed by atoms with van der Waals surface area (Å²) in [5, 5.41) is 2.73. The minimum atomic E-state index is -0.558. The SMILES string of the molecule is O=C(Nc1ccc(N2CCCC2=O)c(F)c1)C1CCCN(C(=O)Cc2ccc(F)cc2)C1. The van der Waals surface area contributed by atoms with Crippen molar-refractivity contribution >= 4 is 29.1 Å². The lowest BCUT2D eigenvalue weighted by atomic mass is 9.96. The molecule has 8 heteroatoms. The number of piperidine rings is 1. The number of nitrogens with zero attached hydrogens (tertiary/aromatic N) is 2. The van der Waals surface area contributed by atoms with Crippen molar-refractivity contribution in [2.24, 2.45) is 5.92 Å². The minimum absolute atomic E-state index is 0.103. The lowest BCUT2D eigenvalue weighted by Crippen LogP contribution is -2.44. The summed E-state index contributed by atoms with van der Waals surface area (Å²) in [5.41, 5.74) is 1.26. The van der Waals surface area contributed by atoms with Gasteiger partial charge in [-0.2, -0.15) is 0 Å². The van der Waals surface area contributed by atoms with Crippen LogP contribution in [0.5, 0.6) is 0 Å². The predicted octanol–water partition coefficient (Wildman–Crippen LogP) is 3.51. The van der Waals surface area contributed by atoms with Crippen molar-refractivity contribution in [3.63, 3.8) is 0 Å². The molecule has 0 spiro atoms. The van der Waals surface area contributed by atoms with Gasteiger partial charge in [0.25, 0.3) is 0 Å². The molecular formula is C24H25F2N3O3. The second-order valence-electron chi connectivity index (χ2n) is 8.29. The lowest BCUT2D eigenvalue weighted by Gasteiger charge is -2.32. The molecule has 2 aliphatic heterocycles. The second-order valence-corrected chi connectivity index (χ2v) is 8.29. The van der Waals surface area contributed by atoms with E-state index in [0.717, 1.165) is 5.56 Å². The maximum atomic E-state index is 14.5. The van der Waals surface area contributed by atoms with Crippen molar-refractivity contribution in [3.05, 3.63) is 59.7 Å². The number of hydrogen-bond donors (Lipinski definition) is 1. The number of carbonyl (C=O) groups excluding carboxylic acids is 3. The molecule has 3 amide bonds. The van der Waals surface area contributed by atoms with Crippen molar-refractivity contribution in [2.75, 3.05) is 29.9 Å². The molecule has 1 N–H and O–H groups in total. The third kappa shape index (κ3) is 4.95. The van der Waals surface area contributed by atoms with Gasteiger partial charge in [0.1, 0.15) is 11.6 Å². The molecule has 168 valence electrons. The molecule has 2 aromatic rings. The van der Waals surface area contributed by atoms with E-state index in [9.17, 15) is 23.2 Å². The van der Waals surface area contributed by atoms with Gasteiger partial charge in [-0.15, -0.1) is 0 Å². The zero-order valence-electron chi connectivity index (χ0n) is 17.7. The number of benzene rings is 2. The Morgan fingerprint density at radius 1 is 1.03 bits per heavy atom. The molecule has 2 aliphatic rings. The van der Waals surface area contributed by atoms with E-state index in [1.54, 1.807) is 23.1 Å². The average Bonchev–Trinajstić information content (AvgIpc) is 3.21. The summed E-state index contributed by atoms with van der Waals surface area (Å²) in [6, 6.07) is 10.1. The van der Waals surface area contributed by atoms with Crippen LogP contribution in [-0.2, 0) is 20.8 Å². The fourth-order valence-electron chi connectivity index (χ4n) is 4.26. The summed E-state index contributed by atoms with van der Waals surface area (Å²) >= 11 is 0. The van der Waals surface area contributed by atoms with Crippen molar-refractivity contribution in [2.45, 2.75) is 32.1 Å². The molecule has 0 bridgehead atoms. The van der Waals surface area contributed by atoms with Crippen molar-refractivity contribution in [3.8, 4) is 0 Å². The lowest BCUT2D eigenvalue weighted by molar-refractivity contribution is -0.134. The number of amides is 3. The quantitative estimate of drug-likeness (QED) is 0.772. The average molecular weight is 441 g/mol. The van der Waals surface area contributed by atoms with Crippen LogP contribution in [0.3, 0.4) is 0 Å². The Morgan fingerprint density at radius 2 is 1.81 bits per heavy atom. The largest absolute Gasteiger partial charge is 0.342 e. The Balaban J connectivity index is 1.36. The minimum Gasteiger partial charge on any atom is -0.342 e. The van der Waals surface area contributed by atoms with Gasteiger partial charge < -0.3 is 15.1 Å². The zero-order valence-corrected chi connectivity index (χ0v) is 17.7. The Morgan fingerprint density at radius 3 is 2.50 bits per heavy atom. The van der Waals surface area contributed by atoms with Gasteiger partial charge in [0.2, 0.25) is 17.7 Å². The molecule has 2 heterocycles. The van der Waals surface area contributed by atoms with Gasteiger partial charge in [-0.1, -0.05) is 12.1 Å². The highest BCUT2D eigenvalue weighted by molar-refractivity contribution is 5.96. The summed E-state index contributed by atoms with van der Waals surface area (Å²) < 4.78 is 27.6. The van der Waals surface area contributed by atoms with Crippen LogP contribution in [0.2, 0.25) is 0 Å². The highest BCUT2D eigenvalue weighted by Gasteiger charge is 2.29. The molecule has 6 nitrogen and oxygen atoms in total. The molecule has 1 atom stereocenters. The van der Waals surface area contributed by atoms with Gasteiger partial charge in [-0.3, -0.25) is 14.4 Å². The van der Waals surface area contributed by atoms with Gasteiger partial charge in [-0.05, 0) is 55.2 Å². The van der Waals surface area contributed by atoms with Crippen LogP contribution in [0.1, 0.15) is 31.2 Å². The smallest absolute Gasteiger partial charge is 0.229 e. The zero-order chi connectivity index (χ0) is 22.7. The van der Waals surface area contributed by atoms with Crippen LogP contribution in [0.4, 0.5) is 20.2 Å². The van der Waals surface area contributed by atoms with Gasteiger partial charge in [0, 0.05) is 31.7 Å². The van der Waals surface area contributed by atoms with E-state index in [0.29, 0.717) is 44.5 Å². The number of likely N-dealkylation sites (tertiary alicyclic amines) is 1. The second kappa shape index (κ2) is 9.46. The normalized spacial score (nSPS) is 18.7. The third-order valence-corrected chi connectivity index (χ3v) is 5.99. The monoisotopic (exact) mass is 441 g/mol. The summed E-state index contributed by atoms with van der Waals surface area (Å²) in [5.74, 6) is -1.80. The first-order valence-electron chi connectivity index (χ1n) is 10.8. The highest BCUT2D eigenvalue weighted by atomic mass is 19.1. The molecule has 1 unspecified atom stereocenters. The maximum Gasteiger partial charge on any atom is 0.229 e. The number of halogens is 2. The van der Waals surface area contributed by atoms with Crippen LogP contribution in [0.15, 0.2) is 42.5 Å². The number of hydrogen-bond acceptors (Lipinski definition) is 3. The number of nitrogens with one attached hydrogen (secondary N) is 1. The molecular weight excluding hydrogens is 416 g/mol. The van der Waals surface area contributed by atoms with E-state index in [1.807, 2.05) is 0 Å². The van der Waals surface area contributed by atoms with Gasteiger partial charge in [0.05, 0.1) is 18.0 Å². The predicted molar refractivity (Wildman–Crippen MR) is 116 cm³/mol. The summed E-state index contributed by atoms with van der Waals surface area (Å²) in [6.07, 6.45) is 2.59. The number of anilines is 2. The maximum absolute atomic E-state index is 14.5. The molecule has 0 radical (unpaired) electrons. The Hall–Kier alpha value is -3.29. The van der Waals surface area contributed by atoms with Gasteiger partial charge >= 0.3 is 0 Å². The fourth-order valence-corrected chi connectivity index (χ4v) is 4.26. The third-order valence-electron chi connectivity index (χ3n) is 5.99. The van der Waals surface area contributed by atoms with E-state index in [2.05, 4.69) is 5.32 Å². The van der Waals surface area contributed by atoms with E-state index in [1.165, 1.54) is 29.2 Å². The molecule has 32 heavy (non-hydrogen) atoms. The van der Waals surface area contributed by atoms with E-state index >= 15 is 0 Å². The highest BCUT2D eigenvalue weighted by Crippen LogP contribution is 2.27. The van der Waals surface area contributed by atoms with Crippen LogP contribution in [0.25, 0.3) is 0 Å². The van der Waals surface area contributed by atoms with Crippen LogP contribution < -0.4 is 10.2 Å². The first-order valence-corrected chi connectivity index (χ1v) is 10.8. The van der Waals surface area contributed by atoms with Crippen LogP contribution in [0, 0.1) is 17.6 Å². The van der Waals surface area contributed by atoms with Gasteiger partial charge in [-0.25, -0.2) is 8.78 Å². The molecule has 2 saturated heterocycles. The van der Waals surface area contributed by atoms with Crippen molar-refractivity contribution < 1.29 is 23.2 Å². The molecule has 0 saturated carbocycles. The number of carbonyl (C=O) groups is 3. The van der Waals surface area contributed by atoms with E-state index in [4.69, 9.17) is 0 Å². The summed E-state index contributed by atoms with van der Waals surface area (Å²) in [7, 11) is 0. The van der Waals surface area contributed by atoms with Crippen molar-refractivity contribution in [1.82, 2.24) is 4.90 Å². The van der Waals surface area contributed by atoms with Crippen molar-refractivity contribution in [1.29, 1.82) is 0 Å². The standard InChI is InChI=1S/C24H25F2N3O3/c25-18-7-5-16(6-8-18)13-23(31)28-11-1-3-17(15-28)24(32)27-19-9-10-21(20(26)14-19)29-12-2-4-22(29)30/h5-10,14,17H,1-4,11-13,15H2,(H,27,32). The Bertz CT molecular complexity index is 1030. The van der Waals surface area contributed by atoms with E-state index in [-0.39, 0.29) is 42.2 Å². The first kappa shape index (κ1) is 21.9.